The maximum absolute atomic E-state index is 12.5. The lowest BCUT2D eigenvalue weighted by Gasteiger charge is -1.94. The van der Waals surface area contributed by atoms with E-state index in [0.29, 0.717) is 0 Å². The molecule has 1 rings (SSSR count). The predicted molar refractivity (Wildman–Crippen MR) is 37.7 cm³/mol. The second kappa shape index (κ2) is 2.84. The Morgan fingerprint density at radius 2 is 2.27 bits per heavy atom. The third-order valence-electron chi connectivity index (χ3n) is 1.06. The number of primary amides is 1. The van der Waals surface area contributed by atoms with Crippen LogP contribution in [0.15, 0.2) is 12.1 Å². The van der Waals surface area contributed by atoms with Gasteiger partial charge in [0, 0.05) is 0 Å². The fourth-order valence-corrected chi connectivity index (χ4v) is 0.660. The Morgan fingerprint density at radius 3 is 2.73 bits per heavy atom. The maximum atomic E-state index is 12.5. The maximum Gasteiger partial charge on any atom is 0.267 e. The van der Waals surface area contributed by atoms with Crippen LogP contribution in [0.4, 0.5) is 4.39 Å². The third-order valence-corrected chi connectivity index (χ3v) is 1.34. The van der Waals surface area contributed by atoms with Gasteiger partial charge in [-0.05, 0) is 12.1 Å². The molecular weight excluding hydrogens is 171 g/mol. The van der Waals surface area contributed by atoms with Crippen LogP contribution < -0.4 is 5.73 Å². The molecule has 0 spiro atoms. The Kier molecular flexibility index (Phi) is 2.05. The van der Waals surface area contributed by atoms with Crippen molar-refractivity contribution >= 4 is 17.5 Å². The van der Waals surface area contributed by atoms with Crippen molar-refractivity contribution in [2.24, 2.45) is 5.73 Å². The number of halogens is 2. The Labute approximate surface area is 67.0 Å². The first-order chi connectivity index (χ1) is 5.11. The second-order valence-electron chi connectivity index (χ2n) is 1.83. The van der Waals surface area contributed by atoms with Crippen LogP contribution >= 0.6 is 11.6 Å². The topological polar surface area (TPSA) is 56.0 Å². The van der Waals surface area contributed by atoms with Gasteiger partial charge in [0.15, 0.2) is 0 Å². The van der Waals surface area contributed by atoms with Crippen molar-refractivity contribution in [2.45, 2.75) is 0 Å². The number of amides is 1. The molecule has 11 heavy (non-hydrogen) atoms. The number of carbonyl (C=O) groups excluding carboxylic acids is 1. The van der Waals surface area contributed by atoms with Gasteiger partial charge in [0.1, 0.15) is 5.69 Å². The summed E-state index contributed by atoms with van der Waals surface area (Å²) >= 11 is 5.30. The number of aromatic nitrogens is 1. The van der Waals surface area contributed by atoms with Gasteiger partial charge in [0.2, 0.25) is 5.95 Å². The van der Waals surface area contributed by atoms with E-state index in [1.807, 2.05) is 0 Å². The van der Waals surface area contributed by atoms with Gasteiger partial charge in [-0.3, -0.25) is 4.79 Å². The van der Waals surface area contributed by atoms with E-state index in [1.165, 1.54) is 12.1 Å². The summed E-state index contributed by atoms with van der Waals surface area (Å²) in [5.41, 5.74) is 4.69. The Balaban J connectivity index is 3.15. The highest BCUT2D eigenvalue weighted by Crippen LogP contribution is 2.11. The molecule has 0 aliphatic rings. The monoisotopic (exact) mass is 174 g/mol. The van der Waals surface area contributed by atoms with Gasteiger partial charge in [-0.2, -0.15) is 4.39 Å². The van der Waals surface area contributed by atoms with E-state index in [4.69, 9.17) is 17.3 Å². The molecule has 1 amide bonds. The van der Waals surface area contributed by atoms with Gasteiger partial charge in [-0.1, -0.05) is 11.6 Å². The number of hydrogen-bond acceptors (Lipinski definition) is 2. The van der Waals surface area contributed by atoms with Crippen LogP contribution in [-0.2, 0) is 0 Å². The third kappa shape index (κ3) is 1.65. The van der Waals surface area contributed by atoms with E-state index < -0.39 is 11.9 Å². The summed E-state index contributed by atoms with van der Waals surface area (Å²) in [7, 11) is 0. The van der Waals surface area contributed by atoms with Gasteiger partial charge in [-0.15, -0.1) is 0 Å². The molecule has 0 saturated carbocycles. The van der Waals surface area contributed by atoms with Crippen LogP contribution in [0.3, 0.4) is 0 Å². The highest BCUT2D eigenvalue weighted by Gasteiger charge is 2.05. The van der Waals surface area contributed by atoms with E-state index >= 15 is 0 Å². The zero-order chi connectivity index (χ0) is 8.43. The van der Waals surface area contributed by atoms with Gasteiger partial charge >= 0.3 is 0 Å². The highest BCUT2D eigenvalue weighted by molar-refractivity contribution is 6.30. The molecule has 0 aromatic carbocycles. The number of rotatable bonds is 1. The smallest absolute Gasteiger partial charge is 0.267 e. The van der Waals surface area contributed by atoms with Gasteiger partial charge < -0.3 is 5.73 Å². The van der Waals surface area contributed by atoms with E-state index in [1.54, 1.807) is 0 Å². The molecule has 0 saturated heterocycles. The molecule has 0 radical (unpaired) electrons. The number of hydrogen-bond donors (Lipinski definition) is 1. The minimum absolute atomic E-state index is 0.130. The van der Waals surface area contributed by atoms with Crippen molar-refractivity contribution in [2.75, 3.05) is 0 Å². The molecule has 0 unspecified atom stereocenters. The average molecular weight is 175 g/mol. The van der Waals surface area contributed by atoms with Gasteiger partial charge in [0.25, 0.3) is 5.91 Å². The average Bonchev–Trinajstić information content (AvgIpc) is 1.94. The number of nitrogens with two attached hydrogens (primary N) is 1. The molecule has 0 atom stereocenters. The summed E-state index contributed by atoms with van der Waals surface area (Å²) in [4.78, 5) is 13.6. The van der Waals surface area contributed by atoms with Crippen molar-refractivity contribution in [1.29, 1.82) is 0 Å². The van der Waals surface area contributed by atoms with Crippen LogP contribution in [0, 0.1) is 5.95 Å². The number of pyridine rings is 1. The Hall–Kier alpha value is -1.16. The summed E-state index contributed by atoms with van der Waals surface area (Å²) in [5.74, 6) is -1.66. The van der Waals surface area contributed by atoms with Crippen molar-refractivity contribution in [1.82, 2.24) is 4.98 Å². The molecule has 1 aromatic heterocycles. The lowest BCUT2D eigenvalue weighted by atomic mass is 10.3. The molecule has 3 nitrogen and oxygen atoms in total. The minimum atomic E-state index is -0.886. The van der Waals surface area contributed by atoms with Crippen molar-refractivity contribution in [3.8, 4) is 0 Å². The molecule has 2 N–H and O–H groups in total. The molecular formula is C6H4ClFN2O. The summed E-state index contributed by atoms with van der Waals surface area (Å²) in [6, 6.07) is 2.48. The lowest BCUT2D eigenvalue weighted by Crippen LogP contribution is -2.13. The van der Waals surface area contributed by atoms with Gasteiger partial charge in [0.05, 0.1) is 5.02 Å². The van der Waals surface area contributed by atoms with Crippen molar-refractivity contribution in [3.63, 3.8) is 0 Å². The largest absolute Gasteiger partial charge is 0.364 e. The van der Waals surface area contributed by atoms with Crippen LogP contribution in [-0.4, -0.2) is 10.9 Å². The van der Waals surface area contributed by atoms with E-state index in [2.05, 4.69) is 4.98 Å². The Bertz CT molecular complexity index is 303. The highest BCUT2D eigenvalue weighted by atomic mass is 35.5. The zero-order valence-electron chi connectivity index (χ0n) is 5.34. The summed E-state index contributed by atoms with van der Waals surface area (Å²) in [6.45, 7) is 0. The predicted octanol–water partition coefficient (Wildman–Crippen LogP) is 0.973. The molecule has 0 aliphatic carbocycles. The van der Waals surface area contributed by atoms with E-state index in [9.17, 15) is 9.18 Å². The summed E-state index contributed by atoms with van der Waals surface area (Å²) < 4.78 is 12.5. The quantitative estimate of drug-likeness (QED) is 0.645. The fourth-order valence-electron chi connectivity index (χ4n) is 0.555. The zero-order valence-corrected chi connectivity index (χ0v) is 6.10. The van der Waals surface area contributed by atoms with Gasteiger partial charge in [-0.25, -0.2) is 4.98 Å². The first-order valence-corrected chi connectivity index (χ1v) is 3.11. The Morgan fingerprint density at radius 1 is 1.64 bits per heavy atom. The first kappa shape index (κ1) is 7.94. The van der Waals surface area contributed by atoms with Crippen molar-refractivity contribution < 1.29 is 9.18 Å². The molecule has 0 fully saturated rings. The first-order valence-electron chi connectivity index (χ1n) is 2.73. The summed E-state index contributed by atoms with van der Waals surface area (Å²) in [6.07, 6.45) is 0. The van der Waals surface area contributed by atoms with Crippen LogP contribution in [0.5, 0.6) is 0 Å². The van der Waals surface area contributed by atoms with E-state index in [0.717, 1.165) is 0 Å². The molecule has 5 heteroatoms. The minimum Gasteiger partial charge on any atom is -0.364 e. The van der Waals surface area contributed by atoms with Crippen LogP contribution in [0.25, 0.3) is 0 Å². The van der Waals surface area contributed by atoms with Crippen LogP contribution in [0.2, 0.25) is 5.02 Å². The molecule has 1 aromatic rings. The molecule has 0 aliphatic heterocycles. The SMILES string of the molecule is NC(=O)c1ccc(Cl)c(F)n1. The molecule has 1 heterocycles. The normalized spacial score (nSPS) is 9.64. The summed E-state index contributed by atoms with van der Waals surface area (Å²) in [5, 5.41) is -0.130. The van der Waals surface area contributed by atoms with Crippen molar-refractivity contribution in [3.05, 3.63) is 28.8 Å². The van der Waals surface area contributed by atoms with E-state index in [-0.39, 0.29) is 10.7 Å². The second-order valence-corrected chi connectivity index (χ2v) is 2.24. The number of nitrogens with zero attached hydrogens (tertiary/aromatic N) is 1. The number of carbonyl (C=O) groups is 1. The van der Waals surface area contributed by atoms with Crippen LogP contribution in [0.1, 0.15) is 10.5 Å². The fraction of sp³-hybridized carbons (Fsp3) is 0. The molecule has 58 valence electrons. The molecule has 0 bridgehead atoms. The standard InChI is InChI=1S/C6H4ClFN2O/c7-3-1-2-4(6(9)11)10-5(3)8/h1-2H,(H2,9,11). The lowest BCUT2D eigenvalue weighted by molar-refractivity contribution is 0.0994.